The highest BCUT2D eigenvalue weighted by Gasteiger charge is 2.07. The summed E-state index contributed by atoms with van der Waals surface area (Å²) in [6.45, 7) is 0. The summed E-state index contributed by atoms with van der Waals surface area (Å²) in [5, 5.41) is 0. The number of aromatic nitrogens is 2. The molecule has 2 aromatic rings. The third-order valence-corrected chi connectivity index (χ3v) is 1.69. The fourth-order valence-electron chi connectivity index (χ4n) is 0.919. The Morgan fingerprint density at radius 1 is 0.833 bits per heavy atom. The van der Waals surface area contributed by atoms with Gasteiger partial charge < -0.3 is 0 Å². The molecule has 0 spiro atoms. The maximum absolute atomic E-state index is 12.1. The van der Waals surface area contributed by atoms with Crippen molar-refractivity contribution in [3.8, 4) is 0 Å². The van der Waals surface area contributed by atoms with Gasteiger partial charge in [-0.25, -0.2) is 0 Å². The van der Waals surface area contributed by atoms with Crippen LogP contribution in [0.5, 0.6) is 0 Å². The van der Waals surface area contributed by atoms with Gasteiger partial charge in [0.15, 0.2) is 0 Å². The number of amides is 2. The number of pyridine rings is 2. The summed E-state index contributed by atoms with van der Waals surface area (Å²) in [4.78, 5) is 30.8. The van der Waals surface area contributed by atoms with Gasteiger partial charge in [0.25, 0.3) is 11.8 Å². The number of nitrogens with zero attached hydrogens (tertiary/aromatic N) is 2. The highest BCUT2D eigenvalue weighted by molar-refractivity contribution is 5.98. The molecule has 6 heteroatoms. The molecule has 2 amide bonds. The molecule has 0 atom stereocenters. The van der Waals surface area contributed by atoms with Crippen LogP contribution in [-0.2, 0) is 0 Å². The standard InChI is InChI=1S/C12H10N4O2/c17-11(9-1-5-13-6-2-9)15-16-12(18)10-3-7-14-8-4-10/h1-8H,(H,15,17)(H,16,18)/i1D,2D,3D,4D,5D,6D,7D,8D. The van der Waals surface area contributed by atoms with Crippen LogP contribution in [-0.4, -0.2) is 21.8 Å². The minimum Gasteiger partial charge on any atom is -0.267 e. The highest BCUT2D eigenvalue weighted by atomic mass is 16.2. The Morgan fingerprint density at radius 2 is 1.17 bits per heavy atom. The lowest BCUT2D eigenvalue weighted by atomic mass is 10.2. The first-order valence-electron chi connectivity index (χ1n) is 8.55. The van der Waals surface area contributed by atoms with Gasteiger partial charge in [0, 0.05) is 35.8 Å². The van der Waals surface area contributed by atoms with E-state index in [1.54, 1.807) is 0 Å². The number of hydrazine groups is 1. The van der Waals surface area contributed by atoms with Crippen LogP contribution >= 0.6 is 0 Å². The number of hydrogen-bond donors (Lipinski definition) is 2. The Bertz CT molecular complexity index is 808. The fourth-order valence-corrected chi connectivity index (χ4v) is 0.919. The molecule has 2 rings (SSSR count). The molecule has 6 nitrogen and oxygen atoms in total. The summed E-state index contributed by atoms with van der Waals surface area (Å²) < 4.78 is 59.9. The predicted molar refractivity (Wildman–Crippen MR) is 63.4 cm³/mol. The zero-order valence-electron chi connectivity index (χ0n) is 16.7. The van der Waals surface area contributed by atoms with Crippen LogP contribution in [0.3, 0.4) is 0 Å². The summed E-state index contributed by atoms with van der Waals surface area (Å²) >= 11 is 0. The number of rotatable bonds is 2. The fraction of sp³-hybridized carbons (Fsp3) is 0. The third-order valence-electron chi connectivity index (χ3n) is 1.69. The predicted octanol–water partition coefficient (Wildman–Crippen LogP) is 0.551. The smallest absolute Gasteiger partial charge is 0.267 e. The first kappa shape index (κ1) is 5.26. The summed E-state index contributed by atoms with van der Waals surface area (Å²) in [7, 11) is 0. The SMILES string of the molecule is [2H]c1nc([2H])c([2H])c(C(=O)NNC(=O)c2c([2H])c([2H])nc([2H])c2[2H])c1[2H]. The largest absolute Gasteiger partial charge is 0.269 e. The maximum atomic E-state index is 12.1. The minimum atomic E-state index is -1.18. The van der Waals surface area contributed by atoms with Gasteiger partial charge in [0.05, 0.1) is 11.0 Å². The Hall–Kier alpha value is -2.76. The third kappa shape index (κ3) is 2.88. The molecule has 0 saturated heterocycles. The maximum Gasteiger partial charge on any atom is 0.269 e. The van der Waals surface area contributed by atoms with Crippen molar-refractivity contribution in [3.63, 3.8) is 0 Å². The van der Waals surface area contributed by atoms with E-state index in [2.05, 4.69) is 9.97 Å². The molecule has 2 aromatic heterocycles. The summed E-state index contributed by atoms with van der Waals surface area (Å²) in [6.07, 6.45) is -2.79. The molecule has 0 aliphatic heterocycles. The summed E-state index contributed by atoms with van der Waals surface area (Å²) in [5.74, 6) is -2.36. The minimum absolute atomic E-state index is 0.662. The molecule has 0 aliphatic carbocycles. The van der Waals surface area contributed by atoms with Crippen molar-refractivity contribution >= 4 is 11.8 Å². The van der Waals surface area contributed by atoms with E-state index in [0.29, 0.717) is 0 Å². The van der Waals surface area contributed by atoms with Gasteiger partial charge in [-0.05, 0) is 24.2 Å². The van der Waals surface area contributed by atoms with Crippen molar-refractivity contribution in [1.82, 2.24) is 20.8 Å². The molecule has 0 fully saturated rings. The van der Waals surface area contributed by atoms with Crippen molar-refractivity contribution in [3.05, 3.63) is 60.0 Å². The Morgan fingerprint density at radius 3 is 1.50 bits per heavy atom. The van der Waals surface area contributed by atoms with E-state index in [9.17, 15) is 9.59 Å². The van der Waals surface area contributed by atoms with Crippen molar-refractivity contribution in [2.45, 2.75) is 0 Å². The summed E-state index contributed by atoms with van der Waals surface area (Å²) in [5.41, 5.74) is 2.36. The second-order valence-electron chi connectivity index (χ2n) is 2.83. The van der Waals surface area contributed by atoms with Crippen LogP contribution in [0.1, 0.15) is 31.7 Å². The molecule has 0 saturated carbocycles. The zero-order chi connectivity index (χ0) is 19.8. The Labute approximate surface area is 114 Å². The van der Waals surface area contributed by atoms with Crippen LogP contribution < -0.4 is 10.9 Å². The lowest BCUT2D eigenvalue weighted by Gasteiger charge is -2.06. The van der Waals surface area contributed by atoms with Crippen molar-refractivity contribution in [2.24, 2.45) is 0 Å². The molecule has 2 heterocycles. The molecule has 0 unspecified atom stereocenters. The molecule has 90 valence electrons. The van der Waals surface area contributed by atoms with E-state index in [0.717, 1.165) is 0 Å². The van der Waals surface area contributed by atoms with Crippen LogP contribution in [0.4, 0.5) is 0 Å². The van der Waals surface area contributed by atoms with Crippen LogP contribution in [0.25, 0.3) is 0 Å². The van der Waals surface area contributed by atoms with Crippen molar-refractivity contribution in [1.29, 1.82) is 0 Å². The zero-order valence-corrected chi connectivity index (χ0v) is 8.71. The highest BCUT2D eigenvalue weighted by Crippen LogP contribution is 1.96. The lowest BCUT2D eigenvalue weighted by molar-refractivity contribution is 0.0846. The number of nitrogens with one attached hydrogen (secondary N) is 2. The van der Waals surface area contributed by atoms with Gasteiger partial charge in [-0.15, -0.1) is 0 Å². The monoisotopic (exact) mass is 250 g/mol. The molecular formula is C12H10N4O2. The van der Waals surface area contributed by atoms with E-state index < -0.39 is 71.8 Å². The Balaban J connectivity index is 2.28. The van der Waals surface area contributed by atoms with Gasteiger partial charge in [-0.3, -0.25) is 30.4 Å². The Kier molecular flexibility index (Phi) is 1.62. The quantitative estimate of drug-likeness (QED) is 0.762. The average Bonchev–Trinajstić information content (AvgIpc) is 2.57. The van der Waals surface area contributed by atoms with E-state index in [1.807, 2.05) is 10.9 Å². The molecule has 2 N–H and O–H groups in total. The molecule has 0 aliphatic rings. The van der Waals surface area contributed by atoms with Gasteiger partial charge in [-0.1, -0.05) is 0 Å². The first-order valence-corrected chi connectivity index (χ1v) is 4.55. The number of carbonyl (C=O) groups is 2. The van der Waals surface area contributed by atoms with Gasteiger partial charge in [0.2, 0.25) is 0 Å². The molecular weight excluding hydrogens is 232 g/mol. The van der Waals surface area contributed by atoms with E-state index in [-0.39, 0.29) is 0 Å². The van der Waals surface area contributed by atoms with E-state index in [1.165, 1.54) is 0 Å². The number of carbonyl (C=O) groups excluding carboxylic acids is 2. The van der Waals surface area contributed by atoms with Crippen molar-refractivity contribution in [2.75, 3.05) is 0 Å². The van der Waals surface area contributed by atoms with Gasteiger partial charge in [0.1, 0.15) is 0 Å². The summed E-state index contributed by atoms with van der Waals surface area (Å²) in [6, 6.07) is -2.87. The second kappa shape index (κ2) is 5.53. The van der Waals surface area contributed by atoms with Crippen LogP contribution in [0.2, 0.25) is 0 Å². The normalized spacial score (nSPS) is 15.8. The van der Waals surface area contributed by atoms with E-state index >= 15 is 0 Å². The lowest BCUT2D eigenvalue weighted by Crippen LogP contribution is -2.41. The van der Waals surface area contributed by atoms with Crippen LogP contribution in [0, 0.1) is 0 Å². The molecule has 0 radical (unpaired) electrons. The van der Waals surface area contributed by atoms with E-state index in [4.69, 9.17) is 11.0 Å². The second-order valence-corrected chi connectivity index (χ2v) is 2.83. The topological polar surface area (TPSA) is 84.0 Å². The number of hydrogen-bond acceptors (Lipinski definition) is 4. The molecule has 0 aromatic carbocycles. The van der Waals surface area contributed by atoms with Crippen molar-refractivity contribution < 1.29 is 20.6 Å². The molecule has 0 bridgehead atoms. The van der Waals surface area contributed by atoms with Gasteiger partial charge >= 0.3 is 0 Å². The first-order chi connectivity index (χ1) is 12.1. The van der Waals surface area contributed by atoms with Gasteiger partial charge in [-0.2, -0.15) is 0 Å². The van der Waals surface area contributed by atoms with Crippen LogP contribution in [0.15, 0.2) is 48.9 Å². The average molecular weight is 250 g/mol. The molecule has 18 heavy (non-hydrogen) atoms.